The van der Waals surface area contributed by atoms with E-state index < -0.39 is 54.3 Å². The maximum absolute atomic E-state index is 13.2. The number of halogens is 1. The zero-order valence-electron chi connectivity index (χ0n) is 10.1. The first-order chi connectivity index (χ1) is 9.36. The maximum Gasteiger partial charge on any atom is 0.330 e. The molecular formula is C10H14FN3O6. The number of ether oxygens (including phenoxy) is 1. The minimum Gasteiger partial charge on any atom is -0.394 e. The van der Waals surface area contributed by atoms with Crippen LogP contribution in [0.5, 0.6) is 0 Å². The third kappa shape index (κ3) is 2.39. The summed E-state index contributed by atoms with van der Waals surface area (Å²) in [4.78, 5) is 24.2. The molecular weight excluding hydrogens is 277 g/mol. The zero-order valence-corrected chi connectivity index (χ0v) is 10.1. The molecule has 1 aromatic rings. The van der Waals surface area contributed by atoms with E-state index in [0.717, 1.165) is 0 Å². The molecule has 1 aliphatic heterocycles. The van der Waals surface area contributed by atoms with Crippen molar-refractivity contribution >= 4 is 0 Å². The lowest BCUT2D eigenvalue weighted by Crippen LogP contribution is -2.61. The van der Waals surface area contributed by atoms with Gasteiger partial charge in [-0.2, -0.15) is 4.39 Å². The van der Waals surface area contributed by atoms with Gasteiger partial charge in [0.15, 0.2) is 6.23 Å². The molecule has 5 atom stereocenters. The Kier molecular flexibility index (Phi) is 4.01. The molecule has 0 aromatic carbocycles. The average Bonchev–Trinajstić information content (AvgIpc) is 2.41. The first kappa shape index (κ1) is 14.8. The Morgan fingerprint density at radius 3 is 2.65 bits per heavy atom. The molecule has 6 N–H and O–H groups in total. The molecule has 10 heteroatoms. The highest BCUT2D eigenvalue weighted by Crippen LogP contribution is 2.26. The van der Waals surface area contributed by atoms with Gasteiger partial charge in [0, 0.05) is 0 Å². The summed E-state index contributed by atoms with van der Waals surface area (Å²) in [6, 6.07) is -1.22. The van der Waals surface area contributed by atoms with Crippen LogP contribution in [0.3, 0.4) is 0 Å². The van der Waals surface area contributed by atoms with E-state index in [0.29, 0.717) is 10.8 Å². The van der Waals surface area contributed by atoms with Gasteiger partial charge >= 0.3 is 5.69 Å². The van der Waals surface area contributed by atoms with Gasteiger partial charge < -0.3 is 25.8 Å². The summed E-state index contributed by atoms with van der Waals surface area (Å²) in [5.74, 6) is -1.25. The SMILES string of the molecule is N[C@H]1[C@@H](O)[C@H](n2cc(F)c(=O)[nH]c2=O)O[C@H](CO)[C@H]1O. The van der Waals surface area contributed by atoms with Crippen molar-refractivity contribution < 1.29 is 24.4 Å². The van der Waals surface area contributed by atoms with Crippen LogP contribution < -0.4 is 17.0 Å². The van der Waals surface area contributed by atoms with Crippen molar-refractivity contribution in [1.29, 1.82) is 0 Å². The molecule has 0 unspecified atom stereocenters. The molecule has 0 amide bonds. The Bertz CT molecular complexity index is 599. The van der Waals surface area contributed by atoms with Gasteiger partial charge in [-0.25, -0.2) is 4.79 Å². The van der Waals surface area contributed by atoms with E-state index in [-0.39, 0.29) is 0 Å². The molecule has 0 spiro atoms. The highest BCUT2D eigenvalue weighted by Gasteiger charge is 2.43. The van der Waals surface area contributed by atoms with Crippen LogP contribution >= 0.6 is 0 Å². The number of aromatic nitrogens is 2. The summed E-state index contributed by atoms with van der Waals surface area (Å²) < 4.78 is 19.0. The lowest BCUT2D eigenvalue weighted by molar-refractivity contribution is -0.216. The van der Waals surface area contributed by atoms with Gasteiger partial charge in [0.05, 0.1) is 18.8 Å². The molecule has 1 fully saturated rings. The molecule has 112 valence electrons. The topological polar surface area (TPSA) is 151 Å². The van der Waals surface area contributed by atoms with Crippen LogP contribution in [-0.4, -0.2) is 55.8 Å². The standard InChI is InChI=1S/C10H14FN3O6/c11-3-1-14(10(19)13-8(3)18)9-7(17)5(12)6(16)4(2-15)20-9/h1,4-7,9,15-17H,2,12H2,(H,13,18,19)/t4-,5-,6-,7-,9-/m1/s1. The van der Waals surface area contributed by atoms with E-state index >= 15 is 0 Å². The van der Waals surface area contributed by atoms with Crippen molar-refractivity contribution in [3.05, 3.63) is 32.9 Å². The van der Waals surface area contributed by atoms with Crippen LogP contribution in [0.4, 0.5) is 4.39 Å². The van der Waals surface area contributed by atoms with Crippen LogP contribution in [0.1, 0.15) is 6.23 Å². The third-order valence-electron chi connectivity index (χ3n) is 3.15. The Hall–Kier alpha value is -1.59. The molecule has 9 nitrogen and oxygen atoms in total. The summed E-state index contributed by atoms with van der Waals surface area (Å²) in [6.45, 7) is -0.612. The number of rotatable bonds is 2. The number of hydrogen-bond acceptors (Lipinski definition) is 7. The first-order valence-corrected chi connectivity index (χ1v) is 5.75. The van der Waals surface area contributed by atoms with Gasteiger partial charge in [-0.15, -0.1) is 0 Å². The Morgan fingerprint density at radius 1 is 1.40 bits per heavy atom. The average molecular weight is 291 g/mol. The number of nitrogens with one attached hydrogen (secondary N) is 1. The number of aliphatic hydroxyl groups excluding tert-OH is 3. The first-order valence-electron chi connectivity index (χ1n) is 5.75. The number of hydrogen-bond donors (Lipinski definition) is 5. The van der Waals surface area contributed by atoms with E-state index in [1.807, 2.05) is 0 Å². The lowest BCUT2D eigenvalue weighted by Gasteiger charge is -2.41. The highest BCUT2D eigenvalue weighted by molar-refractivity contribution is 4.96. The molecule has 0 saturated carbocycles. The maximum atomic E-state index is 13.2. The van der Waals surface area contributed by atoms with E-state index in [9.17, 15) is 24.2 Å². The smallest absolute Gasteiger partial charge is 0.330 e. The molecule has 1 saturated heterocycles. The summed E-state index contributed by atoms with van der Waals surface area (Å²) >= 11 is 0. The van der Waals surface area contributed by atoms with Crippen LogP contribution in [0, 0.1) is 5.82 Å². The van der Waals surface area contributed by atoms with Crippen molar-refractivity contribution in [3.8, 4) is 0 Å². The molecule has 1 aliphatic rings. The second-order valence-corrected chi connectivity index (χ2v) is 4.45. The Morgan fingerprint density at radius 2 is 2.05 bits per heavy atom. The van der Waals surface area contributed by atoms with Gasteiger partial charge in [0.25, 0.3) is 5.56 Å². The lowest BCUT2D eigenvalue weighted by atomic mass is 9.96. The molecule has 2 heterocycles. The van der Waals surface area contributed by atoms with Crippen LogP contribution in [0.2, 0.25) is 0 Å². The quantitative estimate of drug-likeness (QED) is 0.381. The number of nitrogens with two attached hydrogens (primary N) is 1. The molecule has 0 aliphatic carbocycles. The van der Waals surface area contributed by atoms with Gasteiger partial charge in [-0.05, 0) is 0 Å². The molecule has 0 radical (unpaired) electrons. The minimum atomic E-state index is -1.53. The summed E-state index contributed by atoms with van der Waals surface area (Å²) in [7, 11) is 0. The minimum absolute atomic E-state index is 0.563. The van der Waals surface area contributed by atoms with Gasteiger partial charge in [-0.3, -0.25) is 14.3 Å². The fourth-order valence-corrected chi connectivity index (χ4v) is 2.01. The number of aromatic amines is 1. The molecule has 20 heavy (non-hydrogen) atoms. The van der Waals surface area contributed by atoms with Crippen molar-refractivity contribution in [2.45, 2.75) is 30.6 Å². The predicted octanol–water partition coefficient (Wildman–Crippen LogP) is -3.39. The van der Waals surface area contributed by atoms with Crippen molar-refractivity contribution in [1.82, 2.24) is 9.55 Å². The zero-order chi connectivity index (χ0) is 15.0. The largest absolute Gasteiger partial charge is 0.394 e. The van der Waals surface area contributed by atoms with Crippen molar-refractivity contribution in [3.63, 3.8) is 0 Å². The van der Waals surface area contributed by atoms with E-state index in [1.165, 1.54) is 0 Å². The third-order valence-corrected chi connectivity index (χ3v) is 3.15. The monoisotopic (exact) mass is 291 g/mol. The summed E-state index contributed by atoms with van der Waals surface area (Å²) in [5.41, 5.74) is 3.34. The fraction of sp³-hybridized carbons (Fsp3) is 0.600. The molecule has 0 bridgehead atoms. The number of nitrogens with zero attached hydrogens (tertiary/aromatic N) is 1. The van der Waals surface area contributed by atoms with Crippen LogP contribution in [0.15, 0.2) is 15.8 Å². The normalized spacial score (nSPS) is 34.1. The van der Waals surface area contributed by atoms with Gasteiger partial charge in [-0.1, -0.05) is 0 Å². The van der Waals surface area contributed by atoms with E-state index in [2.05, 4.69) is 0 Å². The molecule has 1 aromatic heterocycles. The van der Waals surface area contributed by atoms with E-state index in [1.54, 1.807) is 4.98 Å². The van der Waals surface area contributed by atoms with Gasteiger partial charge in [0.1, 0.15) is 18.3 Å². The van der Waals surface area contributed by atoms with Crippen LogP contribution in [0.25, 0.3) is 0 Å². The second kappa shape index (κ2) is 5.42. The van der Waals surface area contributed by atoms with E-state index in [4.69, 9.17) is 15.6 Å². The van der Waals surface area contributed by atoms with Crippen LogP contribution in [-0.2, 0) is 4.74 Å². The summed E-state index contributed by atoms with van der Waals surface area (Å²) in [6.07, 6.45) is -4.91. The highest BCUT2D eigenvalue weighted by atomic mass is 19.1. The molecule has 2 rings (SSSR count). The van der Waals surface area contributed by atoms with Crippen molar-refractivity contribution in [2.75, 3.05) is 6.61 Å². The second-order valence-electron chi connectivity index (χ2n) is 4.45. The number of aliphatic hydroxyl groups is 3. The Balaban J connectivity index is 2.44. The Labute approximate surface area is 111 Å². The summed E-state index contributed by atoms with van der Waals surface area (Å²) in [5, 5.41) is 28.6. The predicted molar refractivity (Wildman–Crippen MR) is 62.3 cm³/mol. The fourth-order valence-electron chi connectivity index (χ4n) is 2.01. The van der Waals surface area contributed by atoms with Crippen molar-refractivity contribution in [2.24, 2.45) is 5.73 Å². The van der Waals surface area contributed by atoms with Gasteiger partial charge in [0.2, 0.25) is 5.82 Å². The number of H-pyrrole nitrogens is 1.